The number of amides is 2. The van der Waals surface area contributed by atoms with E-state index in [1.165, 1.54) is 11.5 Å². The lowest BCUT2D eigenvalue weighted by atomic mass is 9.53. The number of fused-ring (bicyclic) bond motifs is 1. The van der Waals surface area contributed by atoms with Crippen molar-refractivity contribution in [2.45, 2.75) is 37.8 Å². The largest absolute Gasteiger partial charge is 0.474 e. The van der Waals surface area contributed by atoms with Crippen molar-refractivity contribution in [3.8, 4) is 5.88 Å². The Balaban J connectivity index is 1.26. The fourth-order valence-electron chi connectivity index (χ4n) is 4.69. The van der Waals surface area contributed by atoms with E-state index >= 15 is 0 Å². The zero-order valence-corrected chi connectivity index (χ0v) is 16.9. The van der Waals surface area contributed by atoms with Gasteiger partial charge in [0.15, 0.2) is 0 Å². The van der Waals surface area contributed by atoms with Gasteiger partial charge in [-0.2, -0.15) is 0 Å². The number of pyridine rings is 1. The molecule has 9 heteroatoms. The Morgan fingerprint density at radius 2 is 1.90 bits per heavy atom. The summed E-state index contributed by atoms with van der Waals surface area (Å²) in [7, 11) is 0. The predicted octanol–water partition coefficient (Wildman–Crippen LogP) is 2.22. The van der Waals surface area contributed by atoms with Crippen molar-refractivity contribution < 1.29 is 14.3 Å². The molecule has 2 saturated carbocycles. The number of nitrogens with two attached hydrogens (primary N) is 2. The molecule has 30 heavy (non-hydrogen) atoms. The number of ether oxygens (including phenoxy) is 1. The molecule has 4 N–H and O–H groups in total. The van der Waals surface area contributed by atoms with E-state index < -0.39 is 11.8 Å². The fourth-order valence-corrected chi connectivity index (χ4v) is 5.82. The molecule has 0 bridgehead atoms. The number of aromatic nitrogens is 2. The van der Waals surface area contributed by atoms with Gasteiger partial charge in [-0.1, -0.05) is 11.5 Å². The summed E-state index contributed by atoms with van der Waals surface area (Å²) in [5.74, 6) is -0.772. The summed E-state index contributed by atoms with van der Waals surface area (Å²) in [4.78, 5) is 39.8. The van der Waals surface area contributed by atoms with Gasteiger partial charge in [0.2, 0.25) is 11.8 Å². The summed E-state index contributed by atoms with van der Waals surface area (Å²) in [6.07, 6.45) is 5.12. The lowest BCUT2D eigenvalue weighted by Gasteiger charge is -2.56. The minimum Gasteiger partial charge on any atom is -0.474 e. The zero-order chi connectivity index (χ0) is 21.0. The minimum absolute atomic E-state index is 0.00351. The van der Waals surface area contributed by atoms with Gasteiger partial charge in [-0.25, -0.2) is 4.98 Å². The molecular weight excluding hydrogens is 404 g/mol. The molecule has 3 aromatic rings. The van der Waals surface area contributed by atoms with Gasteiger partial charge in [-0.05, 0) is 61.4 Å². The van der Waals surface area contributed by atoms with Gasteiger partial charge >= 0.3 is 0 Å². The highest BCUT2D eigenvalue weighted by molar-refractivity contribution is 7.13. The molecule has 2 aromatic heterocycles. The van der Waals surface area contributed by atoms with Crippen molar-refractivity contribution in [1.82, 2.24) is 8.94 Å². The van der Waals surface area contributed by atoms with Gasteiger partial charge in [0.1, 0.15) is 11.7 Å². The van der Waals surface area contributed by atoms with Gasteiger partial charge in [0.25, 0.3) is 11.5 Å². The average molecular weight is 424 g/mol. The summed E-state index contributed by atoms with van der Waals surface area (Å²) in [5, 5.41) is 0.620. The van der Waals surface area contributed by atoms with E-state index in [0.717, 1.165) is 30.4 Å². The first kappa shape index (κ1) is 18.8. The molecule has 0 aliphatic heterocycles. The third-order valence-corrected chi connectivity index (χ3v) is 7.39. The molecule has 1 spiro atoms. The molecule has 2 aliphatic rings. The third kappa shape index (κ3) is 2.97. The van der Waals surface area contributed by atoms with Crippen LogP contribution in [0.4, 0.5) is 0 Å². The lowest BCUT2D eigenvalue weighted by Crippen LogP contribution is -2.53. The van der Waals surface area contributed by atoms with E-state index in [1.54, 1.807) is 36.5 Å². The topological polar surface area (TPSA) is 130 Å². The number of hydrogen-bond donors (Lipinski definition) is 2. The highest BCUT2D eigenvalue weighted by Gasteiger charge is 2.55. The molecule has 2 aliphatic carbocycles. The fraction of sp³-hybridized carbons (Fsp3) is 0.333. The molecule has 2 amide bonds. The molecule has 0 atom stereocenters. The van der Waals surface area contributed by atoms with Crippen molar-refractivity contribution in [3.63, 3.8) is 0 Å². The van der Waals surface area contributed by atoms with E-state index in [0.29, 0.717) is 10.9 Å². The Morgan fingerprint density at radius 1 is 1.13 bits per heavy atom. The van der Waals surface area contributed by atoms with E-state index in [2.05, 4.69) is 4.98 Å². The van der Waals surface area contributed by atoms with Gasteiger partial charge in [0, 0.05) is 17.8 Å². The summed E-state index contributed by atoms with van der Waals surface area (Å²) in [6.45, 7) is 0. The highest BCUT2D eigenvalue weighted by Crippen LogP contribution is 2.61. The van der Waals surface area contributed by atoms with Crippen LogP contribution in [0.3, 0.4) is 0 Å². The summed E-state index contributed by atoms with van der Waals surface area (Å²) >= 11 is 1.39. The number of nitrogens with zero attached hydrogens (tertiary/aromatic N) is 2. The quantitative estimate of drug-likeness (QED) is 0.648. The number of primary amides is 2. The molecule has 154 valence electrons. The monoisotopic (exact) mass is 424 g/mol. The Hall–Kier alpha value is -3.20. The molecule has 2 heterocycles. The van der Waals surface area contributed by atoms with E-state index in [9.17, 15) is 14.4 Å². The maximum absolute atomic E-state index is 12.7. The van der Waals surface area contributed by atoms with Gasteiger partial charge in [-0.3, -0.25) is 18.3 Å². The summed E-state index contributed by atoms with van der Waals surface area (Å²) in [5.41, 5.74) is 11.6. The normalized spacial score (nSPS) is 24.9. The predicted molar refractivity (Wildman–Crippen MR) is 112 cm³/mol. The Labute approximate surface area is 175 Å². The Kier molecular flexibility index (Phi) is 4.18. The molecule has 0 radical (unpaired) electrons. The maximum atomic E-state index is 12.7. The van der Waals surface area contributed by atoms with E-state index in [1.807, 2.05) is 3.96 Å². The summed E-state index contributed by atoms with van der Waals surface area (Å²) < 4.78 is 8.50. The van der Waals surface area contributed by atoms with Gasteiger partial charge < -0.3 is 16.2 Å². The van der Waals surface area contributed by atoms with Crippen molar-refractivity contribution >= 4 is 33.4 Å². The first-order valence-electron chi connectivity index (χ1n) is 9.72. The van der Waals surface area contributed by atoms with Crippen LogP contribution in [0.2, 0.25) is 0 Å². The molecule has 8 nitrogen and oxygen atoms in total. The second-order valence-electron chi connectivity index (χ2n) is 8.23. The van der Waals surface area contributed by atoms with Crippen molar-refractivity contribution in [2.75, 3.05) is 0 Å². The second kappa shape index (κ2) is 6.66. The molecule has 0 unspecified atom stereocenters. The third-order valence-electron chi connectivity index (χ3n) is 6.20. The molecule has 1 aromatic carbocycles. The van der Waals surface area contributed by atoms with Gasteiger partial charge in [-0.15, -0.1) is 0 Å². The van der Waals surface area contributed by atoms with Crippen LogP contribution in [0.25, 0.3) is 10.1 Å². The zero-order valence-electron chi connectivity index (χ0n) is 16.0. The number of carbonyl (C=O) groups is 2. The molecule has 2 fully saturated rings. The van der Waals surface area contributed by atoms with Crippen LogP contribution in [-0.4, -0.2) is 26.9 Å². The van der Waals surface area contributed by atoms with Crippen LogP contribution in [0.1, 0.15) is 52.4 Å². The van der Waals surface area contributed by atoms with Crippen molar-refractivity contribution in [3.05, 3.63) is 58.0 Å². The van der Waals surface area contributed by atoms with E-state index in [-0.39, 0.29) is 34.6 Å². The second-order valence-corrected chi connectivity index (χ2v) is 9.24. The summed E-state index contributed by atoms with van der Waals surface area (Å²) in [6, 6.07) is 8.37. The smallest absolute Gasteiger partial charge is 0.268 e. The number of carbonyl (C=O) groups excluding carboxylic acids is 2. The Bertz CT molecular complexity index is 1230. The average Bonchev–Trinajstić information content (AvgIpc) is 2.98. The molecule has 5 rings (SSSR count). The first-order chi connectivity index (χ1) is 14.3. The SMILES string of the molecule is NC(=O)c1ccc2c(=O)n(C3CC4(CC(Oc5ncccc5C(N)=O)C4)C3)sc2c1. The van der Waals surface area contributed by atoms with Crippen molar-refractivity contribution in [1.29, 1.82) is 0 Å². The first-order valence-corrected chi connectivity index (χ1v) is 10.5. The van der Waals surface area contributed by atoms with E-state index in [4.69, 9.17) is 16.2 Å². The van der Waals surface area contributed by atoms with Gasteiger partial charge in [0.05, 0.1) is 10.1 Å². The Morgan fingerprint density at radius 3 is 2.60 bits per heavy atom. The van der Waals surface area contributed by atoms with Crippen LogP contribution in [0, 0.1) is 5.41 Å². The molecule has 0 saturated heterocycles. The number of hydrogen-bond acceptors (Lipinski definition) is 6. The highest BCUT2D eigenvalue weighted by atomic mass is 32.1. The minimum atomic E-state index is -0.556. The maximum Gasteiger partial charge on any atom is 0.268 e. The molecular formula is C21H20N4O4S. The number of benzene rings is 1. The standard InChI is InChI=1S/C21H20N4O4S/c22-17(26)11-3-4-14-16(6-11)30-25(20(14)28)12-7-21(8-12)9-13(10-21)29-19-15(18(23)27)2-1-5-24-19/h1-6,12-13H,7-10H2,(H2,22,26)(H2,23,27). The van der Waals surface area contributed by atoms with Crippen molar-refractivity contribution in [2.24, 2.45) is 16.9 Å². The van der Waals surface area contributed by atoms with Crippen LogP contribution >= 0.6 is 11.5 Å². The van der Waals surface area contributed by atoms with Crippen LogP contribution in [-0.2, 0) is 0 Å². The lowest BCUT2D eigenvalue weighted by molar-refractivity contribution is -0.0945. The number of rotatable bonds is 5. The van der Waals surface area contributed by atoms with Crippen LogP contribution in [0.15, 0.2) is 41.3 Å². The van der Waals surface area contributed by atoms with Crippen LogP contribution < -0.4 is 21.8 Å². The van der Waals surface area contributed by atoms with Crippen LogP contribution in [0.5, 0.6) is 5.88 Å².